The molecule has 0 aliphatic rings. The molecule has 2 heteroatoms. The van der Waals surface area contributed by atoms with Gasteiger partial charge in [-0.3, -0.25) is 0 Å². The minimum Gasteiger partial charge on any atom is -0.383 e. The van der Waals surface area contributed by atoms with Crippen molar-refractivity contribution in [2.45, 2.75) is 6.42 Å². The second kappa shape index (κ2) is 6.21. The van der Waals surface area contributed by atoms with E-state index in [-0.39, 0.29) is 5.41 Å². The summed E-state index contributed by atoms with van der Waals surface area (Å²) in [6.45, 7) is 8.41. The van der Waals surface area contributed by atoms with Gasteiger partial charge in [0.1, 0.15) is 0 Å². The minimum atomic E-state index is -0.171. The molecule has 1 nitrogen and oxygen atoms in total. The van der Waals surface area contributed by atoms with Crippen molar-refractivity contribution in [3.63, 3.8) is 0 Å². The van der Waals surface area contributed by atoms with Gasteiger partial charge in [0.2, 0.25) is 0 Å². The van der Waals surface area contributed by atoms with Gasteiger partial charge in [-0.1, -0.05) is 30.4 Å². The maximum absolute atomic E-state index is 5.26. The van der Waals surface area contributed by atoms with E-state index in [0.717, 1.165) is 6.42 Å². The van der Waals surface area contributed by atoms with Gasteiger partial charge < -0.3 is 4.74 Å². The number of halogens is 1. The summed E-state index contributed by atoms with van der Waals surface area (Å²) >= 11 is 2.35. The van der Waals surface area contributed by atoms with E-state index in [4.69, 9.17) is 4.74 Å². The number of methoxy groups -OCH3 is 1. The summed E-state index contributed by atoms with van der Waals surface area (Å²) in [7, 11) is 1.71. The largest absolute Gasteiger partial charge is 0.383 e. The Kier molecular flexibility index (Phi) is 5.22. The Bertz CT molecular complexity index is 363. The van der Waals surface area contributed by atoms with Crippen LogP contribution in [0, 0.1) is 8.99 Å². The lowest BCUT2D eigenvalue weighted by Crippen LogP contribution is -2.24. The van der Waals surface area contributed by atoms with E-state index in [1.165, 1.54) is 9.13 Å². The van der Waals surface area contributed by atoms with Crippen LogP contribution in [0.4, 0.5) is 0 Å². The van der Waals surface area contributed by atoms with Gasteiger partial charge in [-0.2, -0.15) is 0 Å². The average Bonchev–Trinajstić information content (AvgIpc) is 2.31. The van der Waals surface area contributed by atoms with Gasteiger partial charge >= 0.3 is 0 Å². The van der Waals surface area contributed by atoms with Gasteiger partial charge in [0, 0.05) is 16.1 Å². The lowest BCUT2D eigenvalue weighted by atomic mass is 9.82. The molecular formula is C14H17IO. The van der Waals surface area contributed by atoms with Crippen LogP contribution in [0.1, 0.15) is 5.56 Å². The van der Waals surface area contributed by atoms with Crippen LogP contribution in [-0.4, -0.2) is 13.7 Å². The predicted octanol–water partition coefficient (Wildman–Crippen LogP) is 3.84. The highest BCUT2D eigenvalue weighted by Crippen LogP contribution is 2.28. The van der Waals surface area contributed by atoms with Crippen LogP contribution in [0.5, 0.6) is 0 Å². The first-order chi connectivity index (χ1) is 7.67. The fourth-order valence-electron chi connectivity index (χ4n) is 1.66. The van der Waals surface area contributed by atoms with Crippen LogP contribution in [-0.2, 0) is 11.2 Å². The summed E-state index contributed by atoms with van der Waals surface area (Å²) in [6.07, 6.45) is 4.73. The third-order valence-electron chi connectivity index (χ3n) is 2.70. The van der Waals surface area contributed by atoms with Gasteiger partial charge in [0.15, 0.2) is 0 Å². The molecule has 1 aromatic rings. The maximum Gasteiger partial charge on any atom is 0.0591 e. The average molecular weight is 328 g/mol. The zero-order valence-corrected chi connectivity index (χ0v) is 11.7. The van der Waals surface area contributed by atoms with Gasteiger partial charge in [-0.15, -0.1) is 13.2 Å². The smallest absolute Gasteiger partial charge is 0.0591 e. The second-order valence-electron chi connectivity index (χ2n) is 3.84. The molecule has 0 aliphatic carbocycles. The Morgan fingerprint density at radius 2 is 1.94 bits per heavy atom. The Hall–Kier alpha value is -0.610. The monoisotopic (exact) mass is 328 g/mol. The fraction of sp³-hybridized carbons (Fsp3) is 0.286. The van der Waals surface area contributed by atoms with Gasteiger partial charge in [0.25, 0.3) is 0 Å². The van der Waals surface area contributed by atoms with Crippen molar-refractivity contribution in [3.05, 3.63) is 58.7 Å². The van der Waals surface area contributed by atoms with Crippen molar-refractivity contribution in [2.75, 3.05) is 13.7 Å². The van der Waals surface area contributed by atoms with E-state index in [9.17, 15) is 0 Å². The second-order valence-corrected chi connectivity index (χ2v) is 5.00. The first-order valence-electron chi connectivity index (χ1n) is 5.17. The van der Waals surface area contributed by atoms with E-state index in [2.05, 4.69) is 53.9 Å². The van der Waals surface area contributed by atoms with E-state index < -0.39 is 0 Å². The van der Waals surface area contributed by atoms with E-state index in [1.54, 1.807) is 7.11 Å². The molecule has 0 atom stereocenters. The highest BCUT2D eigenvalue weighted by atomic mass is 127. The summed E-state index contributed by atoms with van der Waals surface area (Å²) in [5.41, 5.74) is 1.13. The molecule has 1 rings (SSSR count). The molecule has 0 aliphatic heterocycles. The molecule has 16 heavy (non-hydrogen) atoms. The van der Waals surface area contributed by atoms with Crippen LogP contribution < -0.4 is 0 Å². The zero-order chi connectivity index (χ0) is 12.0. The number of hydrogen-bond donors (Lipinski definition) is 0. The summed E-state index contributed by atoms with van der Waals surface area (Å²) in [6, 6.07) is 8.35. The van der Waals surface area contributed by atoms with E-state index in [0.29, 0.717) is 6.61 Å². The molecule has 0 amide bonds. The zero-order valence-electron chi connectivity index (χ0n) is 9.58. The molecule has 0 bridgehead atoms. The topological polar surface area (TPSA) is 9.23 Å². The van der Waals surface area contributed by atoms with Crippen molar-refractivity contribution in [2.24, 2.45) is 5.41 Å². The molecule has 0 saturated heterocycles. The van der Waals surface area contributed by atoms with Gasteiger partial charge in [0.05, 0.1) is 6.61 Å². The molecular weight excluding hydrogens is 311 g/mol. The molecule has 86 valence electrons. The van der Waals surface area contributed by atoms with Gasteiger partial charge in [-0.05, 0) is 40.6 Å². The van der Waals surface area contributed by atoms with Crippen molar-refractivity contribution < 1.29 is 4.74 Å². The molecule has 0 fully saturated rings. The van der Waals surface area contributed by atoms with Crippen molar-refractivity contribution >= 4 is 22.6 Å². The highest BCUT2D eigenvalue weighted by Gasteiger charge is 2.23. The molecule has 0 spiro atoms. The highest BCUT2D eigenvalue weighted by molar-refractivity contribution is 14.1. The number of benzene rings is 1. The molecule has 0 saturated carbocycles. The van der Waals surface area contributed by atoms with Crippen molar-refractivity contribution in [1.82, 2.24) is 0 Å². The first kappa shape index (κ1) is 13.5. The Morgan fingerprint density at radius 3 is 2.44 bits per heavy atom. The first-order valence-corrected chi connectivity index (χ1v) is 6.25. The molecule has 0 radical (unpaired) electrons. The molecule has 0 aromatic heterocycles. The summed E-state index contributed by atoms with van der Waals surface area (Å²) in [4.78, 5) is 0. The SMILES string of the molecule is C=CC(C=C)(COC)Cc1ccccc1I. The Balaban J connectivity index is 2.95. The Morgan fingerprint density at radius 1 is 1.31 bits per heavy atom. The van der Waals surface area contributed by atoms with Crippen LogP contribution in [0.25, 0.3) is 0 Å². The predicted molar refractivity (Wildman–Crippen MR) is 77.6 cm³/mol. The van der Waals surface area contributed by atoms with Crippen LogP contribution in [0.3, 0.4) is 0 Å². The van der Waals surface area contributed by atoms with Crippen molar-refractivity contribution in [3.8, 4) is 0 Å². The quantitative estimate of drug-likeness (QED) is 0.569. The minimum absolute atomic E-state index is 0.171. The molecule has 0 N–H and O–H groups in total. The number of hydrogen-bond acceptors (Lipinski definition) is 1. The summed E-state index contributed by atoms with van der Waals surface area (Å²) < 4.78 is 6.52. The molecule has 1 aromatic carbocycles. The summed E-state index contributed by atoms with van der Waals surface area (Å²) in [5, 5.41) is 0. The lowest BCUT2D eigenvalue weighted by Gasteiger charge is -2.26. The third-order valence-corrected chi connectivity index (χ3v) is 3.76. The van der Waals surface area contributed by atoms with Crippen molar-refractivity contribution in [1.29, 1.82) is 0 Å². The van der Waals surface area contributed by atoms with E-state index >= 15 is 0 Å². The third kappa shape index (κ3) is 3.19. The Labute approximate surface area is 111 Å². The normalized spacial score (nSPS) is 11.1. The summed E-state index contributed by atoms with van der Waals surface area (Å²) in [5.74, 6) is 0. The van der Waals surface area contributed by atoms with E-state index in [1.807, 2.05) is 18.2 Å². The van der Waals surface area contributed by atoms with Crippen LogP contribution in [0.15, 0.2) is 49.6 Å². The molecule has 0 unspecified atom stereocenters. The maximum atomic E-state index is 5.26. The lowest BCUT2D eigenvalue weighted by molar-refractivity contribution is 0.138. The van der Waals surface area contributed by atoms with Gasteiger partial charge in [-0.25, -0.2) is 0 Å². The standard InChI is InChI=1S/C14H17IO/c1-4-14(5-2,11-16-3)10-12-8-6-7-9-13(12)15/h4-9H,1-2,10-11H2,3H3. The fourth-order valence-corrected chi connectivity index (χ4v) is 2.24. The van der Waals surface area contributed by atoms with Crippen LogP contribution in [0.2, 0.25) is 0 Å². The van der Waals surface area contributed by atoms with Crippen LogP contribution >= 0.6 is 22.6 Å². The number of ether oxygens (including phenoxy) is 1. The number of rotatable bonds is 6. The molecule has 0 heterocycles.